The van der Waals surface area contributed by atoms with E-state index in [1.807, 2.05) is 0 Å². The molecule has 0 amide bonds. The summed E-state index contributed by atoms with van der Waals surface area (Å²) < 4.78 is 60.8. The van der Waals surface area contributed by atoms with E-state index in [2.05, 4.69) is 4.72 Å². The van der Waals surface area contributed by atoms with Crippen LogP contribution in [0.5, 0.6) is 5.75 Å². The van der Waals surface area contributed by atoms with Gasteiger partial charge in [-0.15, -0.1) is 11.3 Å². The van der Waals surface area contributed by atoms with E-state index in [0.717, 1.165) is 37.0 Å². The largest absolute Gasteiger partial charge is 0.490 e. The molecule has 3 aromatic rings. The first-order valence-electron chi connectivity index (χ1n) is 10.4. The second kappa shape index (κ2) is 9.74. The highest BCUT2D eigenvalue weighted by atomic mass is 32.2. The fourth-order valence-corrected chi connectivity index (χ4v) is 7.82. The maximum absolute atomic E-state index is 13.2. The summed E-state index contributed by atoms with van der Waals surface area (Å²) in [5, 5.41) is 0.649. The van der Waals surface area contributed by atoms with Crippen LogP contribution in [0, 0.1) is 0 Å². The third-order valence-electron chi connectivity index (χ3n) is 5.52. The Labute approximate surface area is 193 Å². The van der Waals surface area contributed by atoms with Crippen LogP contribution >= 0.6 is 11.3 Å². The van der Waals surface area contributed by atoms with Crippen LogP contribution in [-0.2, 0) is 19.9 Å². The minimum absolute atomic E-state index is 0.0663. The van der Waals surface area contributed by atoms with Crippen LogP contribution < -0.4 is 9.46 Å². The summed E-state index contributed by atoms with van der Waals surface area (Å²) in [6.07, 6.45) is 4.52. The highest BCUT2D eigenvalue weighted by Gasteiger charge is 2.31. The Morgan fingerprint density at radius 3 is 2.22 bits per heavy atom. The smallest absolute Gasteiger partial charge is 0.240 e. The van der Waals surface area contributed by atoms with Gasteiger partial charge in [0.25, 0.3) is 0 Å². The Kier molecular flexibility index (Phi) is 6.99. The van der Waals surface area contributed by atoms with E-state index in [1.165, 1.54) is 18.2 Å². The lowest BCUT2D eigenvalue weighted by Gasteiger charge is -2.18. The first kappa shape index (κ1) is 23.0. The molecule has 0 bridgehead atoms. The molecule has 1 aliphatic carbocycles. The van der Waals surface area contributed by atoms with Gasteiger partial charge < -0.3 is 4.74 Å². The highest BCUT2D eigenvalue weighted by Crippen LogP contribution is 2.31. The molecule has 1 heterocycles. The zero-order valence-corrected chi connectivity index (χ0v) is 19.8. The molecule has 1 fully saturated rings. The van der Waals surface area contributed by atoms with Crippen molar-refractivity contribution in [3.63, 3.8) is 0 Å². The number of benzene rings is 2. The number of nitrogens with one attached hydrogen (secondary N) is 1. The molecule has 1 aliphatic rings. The van der Waals surface area contributed by atoms with E-state index in [-0.39, 0.29) is 21.8 Å². The summed E-state index contributed by atoms with van der Waals surface area (Å²) in [5.74, 6) is 0.637. The second-order valence-corrected chi connectivity index (χ2v) is 12.8. The van der Waals surface area contributed by atoms with Gasteiger partial charge in [-0.2, -0.15) is 0 Å². The zero-order chi connectivity index (χ0) is 22.6. The van der Waals surface area contributed by atoms with Gasteiger partial charge in [0.2, 0.25) is 10.0 Å². The lowest BCUT2D eigenvalue weighted by molar-refractivity contribution is 0.210. The molecule has 32 heavy (non-hydrogen) atoms. The van der Waals surface area contributed by atoms with Crippen molar-refractivity contribution in [2.45, 2.75) is 46.1 Å². The molecule has 0 spiro atoms. The molecule has 0 saturated heterocycles. The topological polar surface area (TPSA) is 89.5 Å². The van der Waals surface area contributed by atoms with Gasteiger partial charge in [-0.1, -0.05) is 36.4 Å². The molecule has 9 heteroatoms. The summed E-state index contributed by atoms with van der Waals surface area (Å²) >= 11 is 1.12. The predicted octanol–water partition coefficient (Wildman–Crippen LogP) is 4.56. The minimum atomic E-state index is -3.90. The van der Waals surface area contributed by atoms with Crippen molar-refractivity contribution < 1.29 is 21.6 Å². The van der Waals surface area contributed by atoms with Crippen LogP contribution in [0.15, 0.2) is 81.2 Å². The minimum Gasteiger partial charge on any atom is -0.490 e. The molecular formula is C23H25NO5S3. The number of rotatable bonds is 9. The van der Waals surface area contributed by atoms with Crippen molar-refractivity contribution in [3.05, 3.63) is 77.7 Å². The van der Waals surface area contributed by atoms with Gasteiger partial charge in [0.05, 0.1) is 11.0 Å². The number of sulfonamides is 1. The number of hydrogen-bond acceptors (Lipinski definition) is 6. The average molecular weight is 492 g/mol. The third kappa shape index (κ3) is 5.23. The predicted molar refractivity (Wildman–Crippen MR) is 125 cm³/mol. The van der Waals surface area contributed by atoms with E-state index >= 15 is 0 Å². The van der Waals surface area contributed by atoms with Gasteiger partial charge in [0, 0.05) is 6.54 Å². The molecule has 1 saturated carbocycles. The van der Waals surface area contributed by atoms with Crippen LogP contribution in [0.4, 0.5) is 0 Å². The molecule has 0 unspecified atom stereocenters. The summed E-state index contributed by atoms with van der Waals surface area (Å²) in [6.45, 7) is -0.271. The molecule has 170 valence electrons. The fourth-order valence-electron chi connectivity index (χ4n) is 3.80. The lowest BCUT2D eigenvalue weighted by Crippen LogP contribution is -2.31. The number of hydrogen-bond donors (Lipinski definition) is 1. The van der Waals surface area contributed by atoms with Gasteiger partial charge in [-0.25, -0.2) is 21.6 Å². The van der Waals surface area contributed by atoms with E-state index in [1.54, 1.807) is 53.9 Å². The summed E-state index contributed by atoms with van der Waals surface area (Å²) in [6, 6.07) is 18.1. The summed E-state index contributed by atoms with van der Waals surface area (Å²) in [5.41, 5.74) is 0.531. The molecule has 6 nitrogen and oxygen atoms in total. The van der Waals surface area contributed by atoms with Crippen molar-refractivity contribution in [2.75, 3.05) is 6.54 Å². The van der Waals surface area contributed by atoms with Crippen molar-refractivity contribution in [2.24, 2.45) is 0 Å². The van der Waals surface area contributed by atoms with Gasteiger partial charge in [-0.05, 0) is 67.0 Å². The maximum atomic E-state index is 13.2. The van der Waals surface area contributed by atoms with Gasteiger partial charge in [0.1, 0.15) is 15.2 Å². The van der Waals surface area contributed by atoms with Crippen molar-refractivity contribution >= 4 is 31.2 Å². The zero-order valence-electron chi connectivity index (χ0n) is 17.4. The first-order valence-corrected chi connectivity index (χ1v) is 14.4. The molecule has 0 radical (unpaired) electrons. The van der Waals surface area contributed by atoms with E-state index in [4.69, 9.17) is 4.74 Å². The average Bonchev–Trinajstić information content (AvgIpc) is 3.50. The summed E-state index contributed by atoms with van der Waals surface area (Å²) in [7, 11) is -7.67. The molecule has 4 rings (SSSR count). The van der Waals surface area contributed by atoms with Crippen LogP contribution in [-0.4, -0.2) is 29.5 Å². The van der Waals surface area contributed by atoms with Gasteiger partial charge in [-0.3, -0.25) is 0 Å². The number of thiophene rings is 1. The Hall–Kier alpha value is -2.20. The maximum Gasteiger partial charge on any atom is 0.240 e. The van der Waals surface area contributed by atoms with Crippen molar-refractivity contribution in [3.8, 4) is 5.75 Å². The van der Waals surface area contributed by atoms with Crippen LogP contribution in [0.3, 0.4) is 0 Å². The highest BCUT2D eigenvalue weighted by molar-refractivity contribution is 7.93. The van der Waals surface area contributed by atoms with Crippen molar-refractivity contribution in [1.29, 1.82) is 0 Å². The van der Waals surface area contributed by atoms with Gasteiger partial charge in [0.15, 0.2) is 9.84 Å². The van der Waals surface area contributed by atoms with Crippen LogP contribution in [0.2, 0.25) is 0 Å². The Bertz CT molecular complexity index is 1220. The molecule has 2 aromatic carbocycles. The Balaban J connectivity index is 1.52. The first-order chi connectivity index (χ1) is 15.4. The molecule has 1 N–H and O–H groups in total. The number of sulfone groups is 1. The van der Waals surface area contributed by atoms with E-state index in [0.29, 0.717) is 11.3 Å². The van der Waals surface area contributed by atoms with Crippen molar-refractivity contribution in [1.82, 2.24) is 4.72 Å². The molecule has 0 aliphatic heterocycles. The standard InChI is InChI=1S/C23H25NO5S3/c25-31(26,23-11-6-16-30-23)22(18-7-2-1-3-8-18)17-24-32(27,28)21-14-12-20(13-15-21)29-19-9-4-5-10-19/h1-3,6-8,11-16,19,22,24H,4-5,9-10,17H2/t22-/m0/s1. The molecular weight excluding hydrogens is 466 g/mol. The van der Waals surface area contributed by atoms with E-state index in [9.17, 15) is 16.8 Å². The Morgan fingerprint density at radius 2 is 1.59 bits per heavy atom. The Morgan fingerprint density at radius 1 is 0.906 bits per heavy atom. The summed E-state index contributed by atoms with van der Waals surface area (Å²) in [4.78, 5) is 0.0663. The molecule has 1 aromatic heterocycles. The normalized spacial score (nSPS) is 16.1. The molecule has 1 atom stereocenters. The van der Waals surface area contributed by atoms with Crippen LogP contribution in [0.1, 0.15) is 36.5 Å². The van der Waals surface area contributed by atoms with E-state index < -0.39 is 25.1 Å². The second-order valence-electron chi connectivity index (χ2n) is 7.72. The number of ether oxygens (including phenoxy) is 1. The van der Waals surface area contributed by atoms with Gasteiger partial charge >= 0.3 is 0 Å². The quantitative estimate of drug-likeness (QED) is 0.474. The third-order valence-corrected chi connectivity index (χ3v) is 10.5. The fraction of sp³-hybridized carbons (Fsp3) is 0.304. The monoisotopic (exact) mass is 491 g/mol. The van der Waals surface area contributed by atoms with Crippen LogP contribution in [0.25, 0.3) is 0 Å². The lowest BCUT2D eigenvalue weighted by atomic mass is 10.1. The SMILES string of the molecule is O=S(=O)(NC[C@@H](c1ccccc1)S(=O)(=O)c1cccs1)c1ccc(OC2CCCC2)cc1.